The van der Waals surface area contributed by atoms with Gasteiger partial charge < -0.3 is 5.32 Å². The summed E-state index contributed by atoms with van der Waals surface area (Å²) in [7, 11) is 0. The van der Waals surface area contributed by atoms with Crippen molar-refractivity contribution in [3.05, 3.63) is 53.6 Å². The number of hydrogen-bond donors (Lipinski definition) is 1. The van der Waals surface area contributed by atoms with Crippen LogP contribution < -0.4 is 5.32 Å². The molecule has 1 heterocycles. The molecular weight excluding hydrogens is 241 g/mol. The van der Waals surface area contributed by atoms with E-state index < -0.39 is 0 Å². The molecule has 4 heteroatoms. The van der Waals surface area contributed by atoms with Gasteiger partial charge in [0.15, 0.2) is 0 Å². The van der Waals surface area contributed by atoms with Crippen LogP contribution >= 0.6 is 0 Å². The Hall–Kier alpha value is -1.68. The first-order valence-corrected chi connectivity index (χ1v) is 6.55. The predicted octanol–water partition coefficient (Wildman–Crippen LogP) is 3.07. The molecular formula is C15H20FN3. The summed E-state index contributed by atoms with van der Waals surface area (Å²) in [6.45, 7) is 7.05. The van der Waals surface area contributed by atoms with Crippen molar-refractivity contribution >= 4 is 0 Å². The third-order valence-electron chi connectivity index (χ3n) is 3.13. The Kier molecular flexibility index (Phi) is 4.32. The molecule has 2 atom stereocenters. The predicted molar refractivity (Wildman–Crippen MR) is 74.4 cm³/mol. The Morgan fingerprint density at radius 3 is 2.53 bits per heavy atom. The van der Waals surface area contributed by atoms with E-state index in [0.717, 1.165) is 12.1 Å². The highest BCUT2D eigenvalue weighted by Gasteiger charge is 2.10. The minimum atomic E-state index is -0.198. The molecule has 0 bridgehead atoms. The zero-order valence-electron chi connectivity index (χ0n) is 11.6. The standard InChI is InChI=1S/C15H20FN3/c1-11-8-17-19(9-11)10-12(2)18-13(3)14-4-6-15(16)7-5-14/h4-9,12-13,18H,10H2,1-3H3. The van der Waals surface area contributed by atoms with Gasteiger partial charge >= 0.3 is 0 Å². The van der Waals surface area contributed by atoms with E-state index in [4.69, 9.17) is 0 Å². The molecule has 0 fully saturated rings. The van der Waals surface area contributed by atoms with Crippen LogP contribution in [0.1, 0.15) is 31.0 Å². The van der Waals surface area contributed by atoms with E-state index in [9.17, 15) is 4.39 Å². The number of rotatable bonds is 5. The van der Waals surface area contributed by atoms with Gasteiger partial charge in [-0.3, -0.25) is 4.68 Å². The molecule has 0 spiro atoms. The van der Waals surface area contributed by atoms with E-state index in [2.05, 4.69) is 24.3 Å². The van der Waals surface area contributed by atoms with Gasteiger partial charge in [0.05, 0.1) is 12.7 Å². The first-order chi connectivity index (χ1) is 9.04. The zero-order chi connectivity index (χ0) is 13.8. The van der Waals surface area contributed by atoms with Crippen molar-refractivity contribution < 1.29 is 4.39 Å². The van der Waals surface area contributed by atoms with Gasteiger partial charge in [0, 0.05) is 18.3 Å². The summed E-state index contributed by atoms with van der Waals surface area (Å²) in [4.78, 5) is 0. The Labute approximate surface area is 113 Å². The lowest BCUT2D eigenvalue weighted by molar-refractivity contribution is 0.412. The van der Waals surface area contributed by atoms with Gasteiger partial charge in [-0.1, -0.05) is 12.1 Å². The topological polar surface area (TPSA) is 29.9 Å². The fourth-order valence-electron chi connectivity index (χ4n) is 2.17. The first kappa shape index (κ1) is 13.7. The molecule has 1 aromatic heterocycles. The van der Waals surface area contributed by atoms with Crippen molar-refractivity contribution in [2.75, 3.05) is 0 Å². The van der Waals surface area contributed by atoms with E-state index in [1.54, 1.807) is 0 Å². The number of halogens is 1. The van der Waals surface area contributed by atoms with Gasteiger partial charge in [0.25, 0.3) is 0 Å². The van der Waals surface area contributed by atoms with Crippen LogP contribution in [-0.4, -0.2) is 15.8 Å². The lowest BCUT2D eigenvalue weighted by atomic mass is 10.1. The normalized spacial score (nSPS) is 14.3. The van der Waals surface area contributed by atoms with Crippen molar-refractivity contribution in [2.45, 2.75) is 39.4 Å². The molecule has 3 nitrogen and oxygen atoms in total. The number of hydrogen-bond acceptors (Lipinski definition) is 2. The van der Waals surface area contributed by atoms with Crippen molar-refractivity contribution in [3.8, 4) is 0 Å². The molecule has 0 radical (unpaired) electrons. The minimum absolute atomic E-state index is 0.187. The van der Waals surface area contributed by atoms with Gasteiger partial charge in [-0.15, -0.1) is 0 Å². The van der Waals surface area contributed by atoms with Crippen LogP contribution in [0.25, 0.3) is 0 Å². The van der Waals surface area contributed by atoms with Crippen LogP contribution in [0.3, 0.4) is 0 Å². The summed E-state index contributed by atoms with van der Waals surface area (Å²) < 4.78 is 14.8. The third-order valence-corrected chi connectivity index (χ3v) is 3.13. The van der Waals surface area contributed by atoms with Crippen molar-refractivity contribution in [1.29, 1.82) is 0 Å². The second-order valence-electron chi connectivity index (χ2n) is 5.08. The molecule has 1 N–H and O–H groups in total. The minimum Gasteiger partial charge on any atom is -0.306 e. The summed E-state index contributed by atoms with van der Waals surface area (Å²) in [6.07, 6.45) is 3.89. The smallest absolute Gasteiger partial charge is 0.123 e. The lowest BCUT2D eigenvalue weighted by Crippen LogP contribution is -2.32. The quantitative estimate of drug-likeness (QED) is 0.896. The van der Waals surface area contributed by atoms with Crippen LogP contribution in [0.2, 0.25) is 0 Å². The summed E-state index contributed by atoms with van der Waals surface area (Å²) >= 11 is 0. The third kappa shape index (κ3) is 3.89. The summed E-state index contributed by atoms with van der Waals surface area (Å²) in [5.74, 6) is -0.198. The Morgan fingerprint density at radius 1 is 1.26 bits per heavy atom. The van der Waals surface area contributed by atoms with Crippen molar-refractivity contribution in [3.63, 3.8) is 0 Å². The monoisotopic (exact) mass is 261 g/mol. The molecule has 19 heavy (non-hydrogen) atoms. The van der Waals surface area contributed by atoms with E-state index in [0.29, 0.717) is 6.04 Å². The molecule has 0 amide bonds. The Bertz CT molecular complexity index is 518. The number of aromatic nitrogens is 2. The highest BCUT2D eigenvalue weighted by molar-refractivity contribution is 5.19. The van der Waals surface area contributed by atoms with Crippen molar-refractivity contribution in [1.82, 2.24) is 15.1 Å². The molecule has 1 aromatic carbocycles. The SMILES string of the molecule is Cc1cnn(CC(C)NC(C)c2ccc(F)cc2)c1. The summed E-state index contributed by atoms with van der Waals surface area (Å²) in [5.41, 5.74) is 2.25. The maximum absolute atomic E-state index is 12.9. The van der Waals surface area contributed by atoms with Gasteiger partial charge in [-0.05, 0) is 44.0 Å². The zero-order valence-corrected chi connectivity index (χ0v) is 11.6. The lowest BCUT2D eigenvalue weighted by Gasteiger charge is -2.20. The van der Waals surface area contributed by atoms with Crippen LogP contribution in [0, 0.1) is 12.7 Å². The largest absolute Gasteiger partial charge is 0.306 e. The second kappa shape index (κ2) is 5.97. The molecule has 2 rings (SSSR count). The van der Waals surface area contributed by atoms with Crippen LogP contribution in [0.4, 0.5) is 4.39 Å². The van der Waals surface area contributed by atoms with Crippen LogP contribution in [-0.2, 0) is 6.54 Å². The molecule has 0 aliphatic carbocycles. The van der Waals surface area contributed by atoms with Gasteiger partial charge in [0.2, 0.25) is 0 Å². The van der Waals surface area contributed by atoms with E-state index in [1.807, 2.05) is 36.1 Å². The molecule has 0 aliphatic rings. The molecule has 2 unspecified atom stereocenters. The van der Waals surface area contributed by atoms with E-state index >= 15 is 0 Å². The van der Waals surface area contributed by atoms with E-state index in [-0.39, 0.29) is 11.9 Å². The average Bonchev–Trinajstić information content (AvgIpc) is 2.75. The molecule has 0 aliphatic heterocycles. The average molecular weight is 261 g/mol. The number of benzene rings is 1. The number of nitrogens with zero attached hydrogens (tertiary/aromatic N) is 2. The highest BCUT2D eigenvalue weighted by atomic mass is 19.1. The molecule has 2 aromatic rings. The van der Waals surface area contributed by atoms with Crippen molar-refractivity contribution in [2.24, 2.45) is 0 Å². The summed E-state index contributed by atoms with van der Waals surface area (Å²) in [6, 6.07) is 7.10. The molecule has 0 saturated heterocycles. The fraction of sp³-hybridized carbons (Fsp3) is 0.400. The second-order valence-corrected chi connectivity index (χ2v) is 5.08. The molecule has 0 saturated carbocycles. The van der Waals surface area contributed by atoms with Crippen LogP contribution in [0.5, 0.6) is 0 Å². The number of aryl methyl sites for hydroxylation is 1. The fourth-order valence-corrected chi connectivity index (χ4v) is 2.17. The molecule has 102 valence electrons. The highest BCUT2D eigenvalue weighted by Crippen LogP contribution is 2.13. The Morgan fingerprint density at radius 2 is 1.95 bits per heavy atom. The first-order valence-electron chi connectivity index (χ1n) is 6.55. The summed E-state index contributed by atoms with van der Waals surface area (Å²) in [5, 5.41) is 7.76. The maximum atomic E-state index is 12.9. The van der Waals surface area contributed by atoms with Gasteiger partial charge in [0.1, 0.15) is 5.82 Å². The van der Waals surface area contributed by atoms with Gasteiger partial charge in [-0.2, -0.15) is 5.10 Å². The Balaban J connectivity index is 1.91. The van der Waals surface area contributed by atoms with Gasteiger partial charge in [-0.25, -0.2) is 4.39 Å². The number of nitrogens with one attached hydrogen (secondary N) is 1. The van der Waals surface area contributed by atoms with E-state index in [1.165, 1.54) is 17.7 Å². The maximum Gasteiger partial charge on any atom is 0.123 e. The van der Waals surface area contributed by atoms with Crippen LogP contribution in [0.15, 0.2) is 36.7 Å².